The van der Waals surface area contributed by atoms with Crippen LogP contribution in [0.5, 0.6) is 0 Å². The van der Waals surface area contributed by atoms with Crippen molar-refractivity contribution in [2.24, 2.45) is 11.3 Å². The second-order valence-electron chi connectivity index (χ2n) is 5.82. The van der Waals surface area contributed by atoms with Crippen LogP contribution < -0.4 is 10.6 Å². The van der Waals surface area contributed by atoms with Crippen molar-refractivity contribution in [3.8, 4) is 0 Å². The summed E-state index contributed by atoms with van der Waals surface area (Å²) >= 11 is 1.80. The molecule has 1 heterocycles. The lowest BCUT2D eigenvalue weighted by Gasteiger charge is -2.23. The van der Waals surface area contributed by atoms with Gasteiger partial charge in [0, 0.05) is 23.1 Å². The second kappa shape index (κ2) is 6.19. The fourth-order valence-corrected chi connectivity index (χ4v) is 3.97. The molecule has 2 N–H and O–H groups in total. The van der Waals surface area contributed by atoms with Gasteiger partial charge in [-0.1, -0.05) is 18.2 Å². The van der Waals surface area contributed by atoms with Crippen LogP contribution in [-0.4, -0.2) is 31.3 Å². The van der Waals surface area contributed by atoms with E-state index in [9.17, 15) is 4.79 Å². The molecule has 0 aromatic heterocycles. The number of carbonyl (C=O) groups excluding carboxylic acids is 1. The normalized spacial score (nSPS) is 23.5. The summed E-state index contributed by atoms with van der Waals surface area (Å²) < 4.78 is 0. The largest absolute Gasteiger partial charge is 0.355 e. The molecule has 3 rings (SSSR count). The van der Waals surface area contributed by atoms with E-state index in [1.54, 1.807) is 11.8 Å². The maximum atomic E-state index is 12.1. The predicted molar refractivity (Wildman–Crippen MR) is 82.8 cm³/mol. The SMILES string of the molecule is O=C(NCCSc1ccccc1)C1CC12CCNCC2. The van der Waals surface area contributed by atoms with Gasteiger partial charge >= 0.3 is 0 Å². The van der Waals surface area contributed by atoms with Crippen molar-refractivity contribution < 1.29 is 4.79 Å². The lowest BCUT2D eigenvalue weighted by molar-refractivity contribution is -0.123. The van der Waals surface area contributed by atoms with E-state index in [1.165, 1.54) is 17.7 Å². The van der Waals surface area contributed by atoms with Crippen molar-refractivity contribution in [2.75, 3.05) is 25.4 Å². The molecule has 1 aromatic carbocycles. The number of hydrogen-bond donors (Lipinski definition) is 2. The summed E-state index contributed by atoms with van der Waals surface area (Å²) in [5, 5.41) is 6.48. The van der Waals surface area contributed by atoms with Crippen LogP contribution in [0.2, 0.25) is 0 Å². The van der Waals surface area contributed by atoms with Crippen LogP contribution in [0, 0.1) is 11.3 Å². The Labute approximate surface area is 124 Å². The van der Waals surface area contributed by atoms with Crippen molar-refractivity contribution in [2.45, 2.75) is 24.2 Å². The lowest BCUT2D eigenvalue weighted by atomic mass is 9.92. The molecule has 0 bridgehead atoms. The number of carbonyl (C=O) groups is 1. The molecular formula is C16H22N2OS. The Morgan fingerprint density at radius 3 is 2.80 bits per heavy atom. The molecule has 4 heteroatoms. The summed E-state index contributed by atoms with van der Waals surface area (Å²) in [5.41, 5.74) is 0.349. The molecule has 1 aromatic rings. The monoisotopic (exact) mass is 290 g/mol. The molecular weight excluding hydrogens is 268 g/mol. The maximum Gasteiger partial charge on any atom is 0.223 e. The van der Waals surface area contributed by atoms with Crippen LogP contribution in [-0.2, 0) is 4.79 Å². The van der Waals surface area contributed by atoms with E-state index in [4.69, 9.17) is 0 Å². The molecule has 0 radical (unpaired) electrons. The highest BCUT2D eigenvalue weighted by atomic mass is 32.2. The first-order chi connectivity index (χ1) is 9.80. The van der Waals surface area contributed by atoms with Gasteiger partial charge in [-0.2, -0.15) is 0 Å². The molecule has 108 valence electrons. The summed E-state index contributed by atoms with van der Waals surface area (Å²) in [6.45, 7) is 2.92. The number of rotatable bonds is 5. The van der Waals surface area contributed by atoms with Gasteiger partial charge in [0.05, 0.1) is 0 Å². The van der Waals surface area contributed by atoms with E-state index >= 15 is 0 Å². The van der Waals surface area contributed by atoms with Gasteiger partial charge in [-0.3, -0.25) is 4.79 Å². The number of hydrogen-bond acceptors (Lipinski definition) is 3. The number of piperidine rings is 1. The number of thioether (sulfide) groups is 1. The maximum absolute atomic E-state index is 12.1. The smallest absolute Gasteiger partial charge is 0.223 e. The summed E-state index contributed by atoms with van der Waals surface area (Å²) in [7, 11) is 0. The zero-order valence-corrected chi connectivity index (χ0v) is 12.5. The van der Waals surface area contributed by atoms with Crippen LogP contribution in [0.1, 0.15) is 19.3 Å². The summed E-state index contributed by atoms with van der Waals surface area (Å²) in [4.78, 5) is 13.4. The molecule has 1 saturated heterocycles. The molecule has 2 aliphatic rings. The van der Waals surface area contributed by atoms with Gasteiger partial charge in [-0.05, 0) is 49.9 Å². The van der Waals surface area contributed by atoms with E-state index in [0.29, 0.717) is 5.41 Å². The lowest BCUT2D eigenvalue weighted by Crippen LogP contribution is -2.34. The first kappa shape index (κ1) is 14.0. The molecule has 1 atom stereocenters. The van der Waals surface area contributed by atoms with Crippen molar-refractivity contribution >= 4 is 17.7 Å². The van der Waals surface area contributed by atoms with Crippen LogP contribution in [0.4, 0.5) is 0 Å². The van der Waals surface area contributed by atoms with Crippen molar-refractivity contribution in [3.63, 3.8) is 0 Å². The average molecular weight is 290 g/mol. The fraction of sp³-hybridized carbons (Fsp3) is 0.562. The van der Waals surface area contributed by atoms with E-state index in [1.807, 2.05) is 18.2 Å². The highest BCUT2D eigenvalue weighted by Gasteiger charge is 2.57. The highest BCUT2D eigenvalue weighted by molar-refractivity contribution is 7.99. The van der Waals surface area contributed by atoms with E-state index in [2.05, 4.69) is 22.8 Å². The Morgan fingerprint density at radius 1 is 1.30 bits per heavy atom. The second-order valence-corrected chi connectivity index (χ2v) is 6.99. The summed E-state index contributed by atoms with van der Waals surface area (Å²) in [6, 6.07) is 10.3. The van der Waals surface area contributed by atoms with E-state index in [-0.39, 0.29) is 11.8 Å². The third-order valence-electron chi connectivity index (χ3n) is 4.52. The summed E-state index contributed by atoms with van der Waals surface area (Å²) in [5.74, 6) is 1.50. The molecule has 1 unspecified atom stereocenters. The van der Waals surface area contributed by atoms with Gasteiger partial charge in [0.25, 0.3) is 0 Å². The van der Waals surface area contributed by atoms with Gasteiger partial charge in [0.2, 0.25) is 5.91 Å². The quantitative estimate of drug-likeness (QED) is 0.646. The Morgan fingerprint density at radius 2 is 2.05 bits per heavy atom. The first-order valence-corrected chi connectivity index (χ1v) is 8.45. The predicted octanol–water partition coefficient (Wildman–Crippen LogP) is 2.28. The van der Waals surface area contributed by atoms with Gasteiger partial charge < -0.3 is 10.6 Å². The van der Waals surface area contributed by atoms with Crippen LogP contribution in [0.25, 0.3) is 0 Å². The van der Waals surface area contributed by atoms with Gasteiger partial charge in [-0.25, -0.2) is 0 Å². The molecule has 1 saturated carbocycles. The van der Waals surface area contributed by atoms with Crippen LogP contribution in [0.15, 0.2) is 35.2 Å². The first-order valence-electron chi connectivity index (χ1n) is 7.46. The fourth-order valence-electron chi connectivity index (χ4n) is 3.18. The number of amides is 1. The Kier molecular flexibility index (Phi) is 4.32. The van der Waals surface area contributed by atoms with Gasteiger partial charge in [0.15, 0.2) is 0 Å². The van der Waals surface area contributed by atoms with Crippen molar-refractivity contribution in [1.82, 2.24) is 10.6 Å². The molecule has 1 spiro atoms. The molecule has 20 heavy (non-hydrogen) atoms. The number of nitrogens with one attached hydrogen (secondary N) is 2. The average Bonchev–Trinajstić information content (AvgIpc) is 3.19. The molecule has 1 aliphatic heterocycles. The topological polar surface area (TPSA) is 41.1 Å². The van der Waals surface area contributed by atoms with Crippen molar-refractivity contribution in [3.05, 3.63) is 30.3 Å². The highest BCUT2D eigenvalue weighted by Crippen LogP contribution is 2.58. The molecule has 1 amide bonds. The van der Waals surface area contributed by atoms with Crippen LogP contribution in [0.3, 0.4) is 0 Å². The standard InChI is InChI=1S/C16H22N2OS/c19-15(14-12-16(14)6-8-17-9-7-16)18-10-11-20-13-4-2-1-3-5-13/h1-5,14,17H,6-12H2,(H,18,19). The molecule has 1 aliphatic carbocycles. The van der Waals surface area contributed by atoms with Crippen LogP contribution >= 0.6 is 11.8 Å². The molecule has 2 fully saturated rings. The molecule has 3 nitrogen and oxygen atoms in total. The minimum atomic E-state index is 0.278. The third-order valence-corrected chi connectivity index (χ3v) is 5.53. The minimum absolute atomic E-state index is 0.278. The van der Waals surface area contributed by atoms with E-state index in [0.717, 1.165) is 31.8 Å². The van der Waals surface area contributed by atoms with Crippen molar-refractivity contribution in [1.29, 1.82) is 0 Å². The Hall–Kier alpha value is -1.00. The van der Waals surface area contributed by atoms with Gasteiger partial charge in [-0.15, -0.1) is 11.8 Å². The van der Waals surface area contributed by atoms with Gasteiger partial charge in [0.1, 0.15) is 0 Å². The Bertz CT molecular complexity index is 457. The number of benzene rings is 1. The third kappa shape index (κ3) is 3.18. The zero-order chi connectivity index (χ0) is 13.8. The zero-order valence-electron chi connectivity index (χ0n) is 11.7. The van der Waals surface area contributed by atoms with E-state index < -0.39 is 0 Å². The minimum Gasteiger partial charge on any atom is -0.355 e. The summed E-state index contributed by atoms with van der Waals surface area (Å²) in [6.07, 6.45) is 3.44. The Balaban J connectivity index is 1.36.